The highest BCUT2D eigenvalue weighted by atomic mass is 16.6. The van der Waals surface area contributed by atoms with Crippen molar-refractivity contribution in [1.29, 1.82) is 0 Å². The van der Waals surface area contributed by atoms with Gasteiger partial charge in [-0.1, -0.05) is 6.42 Å². The lowest BCUT2D eigenvalue weighted by Crippen LogP contribution is -2.28. The Hall–Kier alpha value is -0.0800. The van der Waals surface area contributed by atoms with Gasteiger partial charge < -0.3 is 9.84 Å². The van der Waals surface area contributed by atoms with Crippen LogP contribution < -0.4 is 0 Å². The van der Waals surface area contributed by atoms with Crippen LogP contribution in [-0.4, -0.2) is 23.4 Å². The monoisotopic (exact) mass is 196 g/mol. The number of rotatable bonds is 1. The quantitative estimate of drug-likeness (QED) is 0.651. The van der Waals surface area contributed by atoms with E-state index in [9.17, 15) is 5.11 Å². The fourth-order valence-corrected chi connectivity index (χ4v) is 3.49. The van der Waals surface area contributed by atoms with Gasteiger partial charge in [0.25, 0.3) is 0 Å². The summed E-state index contributed by atoms with van der Waals surface area (Å²) in [6, 6.07) is 0. The number of hydrogen-bond acceptors (Lipinski definition) is 2. The first-order valence-corrected chi connectivity index (χ1v) is 6.16. The third-order valence-electron chi connectivity index (χ3n) is 4.40. The SMILES string of the molecule is OC1CCCC(C2CCC3OC3C2)C1. The molecule has 1 N–H and O–H groups in total. The molecule has 5 atom stereocenters. The van der Waals surface area contributed by atoms with Gasteiger partial charge in [-0.25, -0.2) is 0 Å². The Morgan fingerprint density at radius 2 is 1.71 bits per heavy atom. The van der Waals surface area contributed by atoms with Crippen LogP contribution in [0.15, 0.2) is 0 Å². The van der Waals surface area contributed by atoms with E-state index in [0.29, 0.717) is 12.2 Å². The second kappa shape index (κ2) is 3.49. The number of epoxide rings is 1. The van der Waals surface area contributed by atoms with E-state index in [1.807, 2.05) is 0 Å². The second-order valence-electron chi connectivity index (χ2n) is 5.37. The molecular formula is C12H20O2. The van der Waals surface area contributed by atoms with Crippen molar-refractivity contribution in [1.82, 2.24) is 0 Å². The minimum Gasteiger partial charge on any atom is -0.393 e. The third kappa shape index (κ3) is 1.70. The number of ether oxygens (including phenoxy) is 1. The van der Waals surface area contributed by atoms with Crippen LogP contribution in [0.2, 0.25) is 0 Å². The van der Waals surface area contributed by atoms with Gasteiger partial charge in [0.05, 0.1) is 18.3 Å². The predicted molar refractivity (Wildman–Crippen MR) is 54.0 cm³/mol. The average molecular weight is 196 g/mol. The summed E-state index contributed by atoms with van der Waals surface area (Å²) in [4.78, 5) is 0. The van der Waals surface area contributed by atoms with Gasteiger partial charge in [0.15, 0.2) is 0 Å². The Balaban J connectivity index is 1.58. The minimum atomic E-state index is -0.00778. The van der Waals surface area contributed by atoms with Crippen molar-refractivity contribution < 1.29 is 9.84 Å². The van der Waals surface area contributed by atoms with Crippen molar-refractivity contribution in [2.45, 2.75) is 63.3 Å². The van der Waals surface area contributed by atoms with Gasteiger partial charge in [0.2, 0.25) is 0 Å². The zero-order valence-corrected chi connectivity index (χ0v) is 8.69. The Labute approximate surface area is 85.6 Å². The molecule has 3 rings (SSSR count). The highest BCUT2D eigenvalue weighted by molar-refractivity contribution is 4.94. The minimum absolute atomic E-state index is 0.00778. The molecule has 2 nitrogen and oxygen atoms in total. The number of hydrogen-bond donors (Lipinski definition) is 1. The highest BCUT2D eigenvalue weighted by Crippen LogP contribution is 2.45. The summed E-state index contributed by atoms with van der Waals surface area (Å²) in [5.41, 5.74) is 0. The predicted octanol–water partition coefficient (Wildman–Crippen LogP) is 2.10. The summed E-state index contributed by atoms with van der Waals surface area (Å²) in [7, 11) is 0. The van der Waals surface area contributed by atoms with Crippen molar-refractivity contribution in [3.05, 3.63) is 0 Å². The fourth-order valence-electron chi connectivity index (χ4n) is 3.49. The maximum absolute atomic E-state index is 9.66. The maximum Gasteiger partial charge on any atom is 0.0844 e. The number of fused-ring (bicyclic) bond motifs is 1. The lowest BCUT2D eigenvalue weighted by atomic mass is 9.73. The van der Waals surface area contributed by atoms with Gasteiger partial charge in [0, 0.05) is 0 Å². The van der Waals surface area contributed by atoms with Gasteiger partial charge in [-0.3, -0.25) is 0 Å². The van der Waals surface area contributed by atoms with Crippen LogP contribution in [0.3, 0.4) is 0 Å². The molecule has 3 aliphatic rings. The van der Waals surface area contributed by atoms with Gasteiger partial charge in [-0.15, -0.1) is 0 Å². The summed E-state index contributed by atoms with van der Waals surface area (Å²) in [5, 5.41) is 9.66. The Morgan fingerprint density at radius 3 is 2.50 bits per heavy atom. The Bertz CT molecular complexity index is 212. The van der Waals surface area contributed by atoms with Crippen LogP contribution in [0, 0.1) is 11.8 Å². The van der Waals surface area contributed by atoms with Gasteiger partial charge in [-0.05, 0) is 50.4 Å². The van der Waals surface area contributed by atoms with E-state index in [0.717, 1.165) is 24.7 Å². The van der Waals surface area contributed by atoms with Crippen molar-refractivity contribution in [2.75, 3.05) is 0 Å². The molecule has 0 bridgehead atoms. The summed E-state index contributed by atoms with van der Waals surface area (Å²) in [6.45, 7) is 0. The van der Waals surface area contributed by atoms with Crippen molar-refractivity contribution >= 4 is 0 Å². The average Bonchev–Trinajstić information content (AvgIpc) is 2.95. The Kier molecular flexibility index (Phi) is 2.29. The largest absolute Gasteiger partial charge is 0.393 e. The van der Waals surface area contributed by atoms with E-state index in [1.54, 1.807) is 0 Å². The molecule has 2 aliphatic carbocycles. The summed E-state index contributed by atoms with van der Waals surface area (Å²) in [5.74, 6) is 1.65. The normalized spacial score (nSPS) is 52.5. The van der Waals surface area contributed by atoms with Crippen LogP contribution in [0.1, 0.15) is 44.9 Å². The fraction of sp³-hybridized carbons (Fsp3) is 1.00. The highest BCUT2D eigenvalue weighted by Gasteiger charge is 2.45. The first-order chi connectivity index (χ1) is 6.83. The zero-order chi connectivity index (χ0) is 9.54. The molecule has 1 aliphatic heterocycles. The van der Waals surface area contributed by atoms with E-state index in [2.05, 4.69) is 0 Å². The molecule has 2 saturated carbocycles. The van der Waals surface area contributed by atoms with Gasteiger partial charge in [-0.2, -0.15) is 0 Å². The van der Waals surface area contributed by atoms with Crippen LogP contribution in [0.4, 0.5) is 0 Å². The molecule has 14 heavy (non-hydrogen) atoms. The third-order valence-corrected chi connectivity index (χ3v) is 4.40. The molecule has 0 amide bonds. The first-order valence-electron chi connectivity index (χ1n) is 6.16. The smallest absolute Gasteiger partial charge is 0.0844 e. The lowest BCUT2D eigenvalue weighted by Gasteiger charge is -2.33. The second-order valence-corrected chi connectivity index (χ2v) is 5.37. The van der Waals surface area contributed by atoms with E-state index >= 15 is 0 Å². The van der Waals surface area contributed by atoms with E-state index in [4.69, 9.17) is 4.74 Å². The van der Waals surface area contributed by atoms with E-state index in [-0.39, 0.29) is 6.10 Å². The first kappa shape index (κ1) is 9.17. The summed E-state index contributed by atoms with van der Waals surface area (Å²) >= 11 is 0. The van der Waals surface area contributed by atoms with Crippen molar-refractivity contribution in [2.24, 2.45) is 11.8 Å². The van der Waals surface area contributed by atoms with Crippen LogP contribution >= 0.6 is 0 Å². The molecule has 2 heteroatoms. The summed E-state index contributed by atoms with van der Waals surface area (Å²) in [6.07, 6.45) is 9.80. The van der Waals surface area contributed by atoms with Crippen molar-refractivity contribution in [3.63, 3.8) is 0 Å². The standard InChI is InChI=1S/C12H20O2/c13-10-3-1-2-8(6-10)9-4-5-11-12(7-9)14-11/h8-13H,1-7H2. The molecule has 0 aromatic rings. The molecule has 80 valence electrons. The number of aliphatic hydroxyl groups excluding tert-OH is 1. The summed E-state index contributed by atoms with van der Waals surface area (Å²) < 4.78 is 5.56. The molecular weight excluding hydrogens is 176 g/mol. The maximum atomic E-state index is 9.66. The van der Waals surface area contributed by atoms with Crippen LogP contribution in [0.5, 0.6) is 0 Å². The molecule has 3 fully saturated rings. The number of aliphatic hydroxyl groups is 1. The lowest BCUT2D eigenvalue weighted by molar-refractivity contribution is 0.0718. The molecule has 0 spiro atoms. The molecule has 5 unspecified atom stereocenters. The van der Waals surface area contributed by atoms with Crippen LogP contribution in [-0.2, 0) is 4.74 Å². The van der Waals surface area contributed by atoms with Gasteiger partial charge >= 0.3 is 0 Å². The van der Waals surface area contributed by atoms with E-state index in [1.165, 1.54) is 32.1 Å². The molecule has 1 saturated heterocycles. The van der Waals surface area contributed by atoms with E-state index < -0.39 is 0 Å². The molecule has 0 radical (unpaired) electrons. The van der Waals surface area contributed by atoms with Gasteiger partial charge in [0.1, 0.15) is 0 Å². The molecule has 0 aromatic heterocycles. The molecule has 0 aromatic carbocycles. The van der Waals surface area contributed by atoms with Crippen LogP contribution in [0.25, 0.3) is 0 Å². The zero-order valence-electron chi connectivity index (χ0n) is 8.69. The van der Waals surface area contributed by atoms with Crippen molar-refractivity contribution in [3.8, 4) is 0 Å². The topological polar surface area (TPSA) is 32.8 Å². The Morgan fingerprint density at radius 1 is 0.857 bits per heavy atom. The molecule has 1 heterocycles.